The summed E-state index contributed by atoms with van der Waals surface area (Å²) in [6, 6.07) is 13.9. The SMILES string of the molecule is O=c1[nH]c(N(Cc2cccs2)C[C@@H]2CCCO2)nc2c1cnn2-c1ccccc1. The van der Waals surface area contributed by atoms with Crippen LogP contribution in [0.25, 0.3) is 16.7 Å². The lowest BCUT2D eigenvalue weighted by atomic mass is 10.2. The van der Waals surface area contributed by atoms with Gasteiger partial charge in [0.05, 0.1) is 24.5 Å². The molecule has 1 N–H and O–H groups in total. The topological polar surface area (TPSA) is 76.0 Å². The zero-order valence-corrected chi connectivity index (χ0v) is 16.6. The van der Waals surface area contributed by atoms with E-state index in [-0.39, 0.29) is 11.7 Å². The van der Waals surface area contributed by atoms with E-state index in [2.05, 4.69) is 26.4 Å². The Balaban J connectivity index is 1.57. The second kappa shape index (κ2) is 7.81. The highest BCUT2D eigenvalue weighted by Crippen LogP contribution is 2.22. The summed E-state index contributed by atoms with van der Waals surface area (Å²) in [5.74, 6) is 0.545. The zero-order chi connectivity index (χ0) is 19.6. The molecule has 1 aliphatic heterocycles. The summed E-state index contributed by atoms with van der Waals surface area (Å²) in [5.41, 5.74) is 1.24. The van der Waals surface area contributed by atoms with Crippen LogP contribution in [0.4, 0.5) is 5.95 Å². The van der Waals surface area contributed by atoms with Gasteiger partial charge in [-0.3, -0.25) is 9.78 Å². The highest BCUT2D eigenvalue weighted by atomic mass is 32.1. The van der Waals surface area contributed by atoms with Gasteiger partial charge in [0.1, 0.15) is 5.39 Å². The van der Waals surface area contributed by atoms with Crippen molar-refractivity contribution in [2.75, 3.05) is 18.1 Å². The fraction of sp³-hybridized carbons (Fsp3) is 0.286. The number of fused-ring (bicyclic) bond motifs is 1. The second-order valence-electron chi connectivity index (χ2n) is 7.11. The van der Waals surface area contributed by atoms with E-state index in [1.54, 1.807) is 22.2 Å². The van der Waals surface area contributed by atoms with Crippen molar-refractivity contribution in [2.45, 2.75) is 25.5 Å². The monoisotopic (exact) mass is 407 g/mol. The molecular weight excluding hydrogens is 386 g/mol. The van der Waals surface area contributed by atoms with E-state index in [9.17, 15) is 4.79 Å². The van der Waals surface area contributed by atoms with E-state index in [4.69, 9.17) is 9.72 Å². The number of hydrogen-bond acceptors (Lipinski definition) is 6. The zero-order valence-electron chi connectivity index (χ0n) is 15.8. The second-order valence-corrected chi connectivity index (χ2v) is 8.15. The molecular formula is C21H21N5O2S. The normalized spacial score (nSPS) is 16.5. The molecule has 0 radical (unpaired) electrons. The van der Waals surface area contributed by atoms with Crippen LogP contribution in [0.2, 0.25) is 0 Å². The predicted octanol–water partition coefficient (Wildman–Crippen LogP) is 3.36. The largest absolute Gasteiger partial charge is 0.376 e. The average molecular weight is 407 g/mol. The number of benzene rings is 1. The van der Waals surface area contributed by atoms with E-state index >= 15 is 0 Å². The van der Waals surface area contributed by atoms with Gasteiger partial charge in [0, 0.05) is 18.0 Å². The molecule has 0 saturated carbocycles. The lowest BCUT2D eigenvalue weighted by molar-refractivity contribution is 0.115. The maximum Gasteiger partial charge on any atom is 0.263 e. The molecule has 1 fully saturated rings. The van der Waals surface area contributed by atoms with Crippen molar-refractivity contribution in [3.05, 3.63) is 69.3 Å². The van der Waals surface area contributed by atoms with Crippen molar-refractivity contribution >= 4 is 28.3 Å². The molecule has 8 heteroatoms. The minimum Gasteiger partial charge on any atom is -0.376 e. The van der Waals surface area contributed by atoms with Gasteiger partial charge in [0.25, 0.3) is 5.56 Å². The van der Waals surface area contributed by atoms with Crippen LogP contribution >= 0.6 is 11.3 Å². The minimum atomic E-state index is -0.185. The van der Waals surface area contributed by atoms with Crippen LogP contribution in [0, 0.1) is 0 Å². The lowest BCUT2D eigenvalue weighted by Crippen LogP contribution is -2.34. The Morgan fingerprint density at radius 2 is 2.14 bits per heavy atom. The van der Waals surface area contributed by atoms with Crippen molar-refractivity contribution in [1.82, 2.24) is 19.7 Å². The van der Waals surface area contributed by atoms with Crippen molar-refractivity contribution in [3.8, 4) is 5.69 Å². The van der Waals surface area contributed by atoms with E-state index in [1.807, 2.05) is 36.4 Å². The predicted molar refractivity (Wildman–Crippen MR) is 114 cm³/mol. The molecule has 1 aromatic carbocycles. The number of para-hydroxylation sites is 1. The summed E-state index contributed by atoms with van der Waals surface area (Å²) >= 11 is 1.69. The Labute approximate surface area is 171 Å². The number of hydrogen-bond donors (Lipinski definition) is 1. The van der Waals surface area contributed by atoms with Gasteiger partial charge in [-0.05, 0) is 36.4 Å². The summed E-state index contributed by atoms with van der Waals surface area (Å²) in [7, 11) is 0. The molecule has 1 saturated heterocycles. The van der Waals surface area contributed by atoms with Crippen LogP contribution in [0.5, 0.6) is 0 Å². The molecule has 7 nitrogen and oxygen atoms in total. The molecule has 0 spiro atoms. The van der Waals surface area contributed by atoms with Crippen LogP contribution in [0.15, 0.2) is 58.8 Å². The van der Waals surface area contributed by atoms with Gasteiger partial charge in [-0.25, -0.2) is 4.68 Å². The van der Waals surface area contributed by atoms with E-state index < -0.39 is 0 Å². The van der Waals surface area contributed by atoms with Crippen molar-refractivity contribution in [2.24, 2.45) is 0 Å². The maximum absolute atomic E-state index is 12.8. The maximum atomic E-state index is 12.8. The Bertz CT molecular complexity index is 1150. The number of nitrogens with zero attached hydrogens (tertiary/aromatic N) is 4. The summed E-state index contributed by atoms with van der Waals surface area (Å²) in [4.78, 5) is 23.9. The van der Waals surface area contributed by atoms with Gasteiger partial charge in [-0.2, -0.15) is 10.1 Å². The third kappa shape index (κ3) is 3.68. The van der Waals surface area contributed by atoms with Crippen LogP contribution in [0.3, 0.4) is 0 Å². The first kappa shape index (κ1) is 18.1. The van der Waals surface area contributed by atoms with Crippen LogP contribution in [-0.4, -0.2) is 39.0 Å². The number of thiophene rings is 1. The van der Waals surface area contributed by atoms with E-state index in [1.165, 1.54) is 4.88 Å². The van der Waals surface area contributed by atoms with Gasteiger partial charge in [0.2, 0.25) is 5.95 Å². The third-order valence-electron chi connectivity index (χ3n) is 5.10. The molecule has 5 rings (SSSR count). The number of H-pyrrole nitrogens is 1. The minimum absolute atomic E-state index is 0.148. The number of aromatic amines is 1. The first-order valence-electron chi connectivity index (χ1n) is 9.70. The van der Waals surface area contributed by atoms with Crippen molar-refractivity contribution in [3.63, 3.8) is 0 Å². The Morgan fingerprint density at radius 1 is 1.24 bits per heavy atom. The Morgan fingerprint density at radius 3 is 2.90 bits per heavy atom. The third-order valence-corrected chi connectivity index (χ3v) is 5.96. The van der Waals surface area contributed by atoms with E-state index in [0.717, 1.165) is 25.1 Å². The van der Waals surface area contributed by atoms with E-state index in [0.29, 0.717) is 30.1 Å². The van der Waals surface area contributed by atoms with Gasteiger partial charge >= 0.3 is 0 Å². The van der Waals surface area contributed by atoms with Crippen LogP contribution < -0.4 is 10.5 Å². The number of anilines is 1. The number of aromatic nitrogens is 4. The van der Waals surface area contributed by atoms with Crippen molar-refractivity contribution in [1.29, 1.82) is 0 Å². The Kier molecular flexibility index (Phi) is 4.87. The summed E-state index contributed by atoms with van der Waals surface area (Å²) < 4.78 is 7.56. The Hall–Kier alpha value is -2.97. The lowest BCUT2D eigenvalue weighted by Gasteiger charge is -2.25. The van der Waals surface area contributed by atoms with Crippen LogP contribution in [-0.2, 0) is 11.3 Å². The van der Waals surface area contributed by atoms with Crippen molar-refractivity contribution < 1.29 is 4.74 Å². The standard InChI is InChI=1S/C21H21N5O2S/c27-20-18-12-22-26(15-6-2-1-3-7-15)19(18)23-21(24-20)25(13-16-8-4-10-28-16)14-17-9-5-11-29-17/h1-3,5-7,9,11-12,16H,4,8,10,13-14H2,(H,23,24,27)/t16-/m0/s1. The molecule has 0 unspecified atom stereocenters. The van der Waals surface area contributed by atoms with Crippen LogP contribution in [0.1, 0.15) is 17.7 Å². The molecule has 4 heterocycles. The van der Waals surface area contributed by atoms with Gasteiger partial charge in [-0.15, -0.1) is 11.3 Å². The first-order valence-corrected chi connectivity index (χ1v) is 10.6. The highest BCUT2D eigenvalue weighted by Gasteiger charge is 2.22. The number of rotatable bonds is 6. The summed E-state index contributed by atoms with van der Waals surface area (Å²) in [5, 5.41) is 6.94. The molecule has 0 amide bonds. The fourth-order valence-electron chi connectivity index (χ4n) is 3.67. The quantitative estimate of drug-likeness (QED) is 0.530. The first-order chi connectivity index (χ1) is 14.3. The molecule has 29 heavy (non-hydrogen) atoms. The molecule has 0 aliphatic carbocycles. The average Bonchev–Trinajstić information content (AvgIpc) is 3.50. The highest BCUT2D eigenvalue weighted by molar-refractivity contribution is 7.09. The summed E-state index contributed by atoms with van der Waals surface area (Å²) in [6.45, 7) is 2.15. The molecule has 1 aliphatic rings. The molecule has 4 aromatic rings. The number of ether oxygens (including phenoxy) is 1. The van der Waals surface area contributed by atoms with Gasteiger partial charge in [-0.1, -0.05) is 24.3 Å². The van der Waals surface area contributed by atoms with Gasteiger partial charge in [0.15, 0.2) is 5.65 Å². The summed E-state index contributed by atoms with van der Waals surface area (Å²) in [6.07, 6.45) is 3.81. The van der Waals surface area contributed by atoms with Gasteiger partial charge < -0.3 is 9.64 Å². The molecule has 0 bridgehead atoms. The molecule has 148 valence electrons. The molecule has 3 aromatic heterocycles. The fourth-order valence-corrected chi connectivity index (χ4v) is 4.38. The molecule has 1 atom stereocenters. The smallest absolute Gasteiger partial charge is 0.263 e. The number of nitrogens with one attached hydrogen (secondary N) is 1.